The highest BCUT2D eigenvalue weighted by Gasteiger charge is 2.20. The third-order valence-electron chi connectivity index (χ3n) is 4.31. The van der Waals surface area contributed by atoms with Crippen molar-refractivity contribution in [3.8, 4) is 11.8 Å². The number of anilines is 1. The number of nitriles is 1. The van der Waals surface area contributed by atoms with Gasteiger partial charge in [-0.15, -0.1) is 0 Å². The van der Waals surface area contributed by atoms with E-state index in [1.54, 1.807) is 18.2 Å². The Bertz CT molecular complexity index is 1120. The van der Waals surface area contributed by atoms with E-state index in [0.717, 1.165) is 17.7 Å². The number of carbonyl (C=O) groups excluding carboxylic acids is 1. The van der Waals surface area contributed by atoms with Gasteiger partial charge in [-0.25, -0.2) is 17.9 Å². The van der Waals surface area contributed by atoms with Crippen molar-refractivity contribution in [2.75, 3.05) is 11.9 Å². The maximum absolute atomic E-state index is 12.5. The summed E-state index contributed by atoms with van der Waals surface area (Å²) in [7, 11) is -4.10. The molecule has 0 aliphatic rings. The summed E-state index contributed by atoms with van der Waals surface area (Å²) in [4.78, 5) is 22.0. The minimum absolute atomic E-state index is 0.0797. The van der Waals surface area contributed by atoms with E-state index in [1.165, 1.54) is 6.07 Å². The van der Waals surface area contributed by atoms with Crippen LogP contribution < -0.4 is 10.0 Å². The van der Waals surface area contributed by atoms with Crippen LogP contribution in [0.15, 0.2) is 41.3 Å². The third-order valence-corrected chi connectivity index (χ3v) is 5.80. The molecule has 0 heterocycles. The number of nitrogens with one attached hydrogen (secondary N) is 2. The van der Waals surface area contributed by atoms with E-state index < -0.39 is 32.5 Å². The van der Waals surface area contributed by atoms with Crippen LogP contribution in [0.5, 0.6) is 5.75 Å². The van der Waals surface area contributed by atoms with E-state index in [-0.39, 0.29) is 30.1 Å². The van der Waals surface area contributed by atoms with Crippen molar-refractivity contribution < 1.29 is 28.2 Å². The summed E-state index contributed by atoms with van der Waals surface area (Å²) in [6.07, 6.45) is 0.144. The number of rotatable bonds is 7. The Morgan fingerprint density at radius 2 is 1.87 bits per heavy atom. The van der Waals surface area contributed by atoms with E-state index >= 15 is 0 Å². The van der Waals surface area contributed by atoms with Crippen LogP contribution in [0.2, 0.25) is 0 Å². The molecular weight excluding hydrogens is 410 g/mol. The number of nitrogens with zero attached hydrogens (tertiary/aromatic N) is 1. The smallest absolute Gasteiger partial charge is 0.394 e. The number of phenolic OH excluding ortho intramolecular Hbond substituents is 1. The second kappa shape index (κ2) is 9.39. The Balaban J connectivity index is 2.21. The molecule has 0 saturated carbocycles. The SMILES string of the molecule is CC(C)c1ccc(CCNS(=O)(=O)c2cc(C#N)ccc2O)c(NC(=O)C(=O)O)c1. The van der Waals surface area contributed by atoms with Crippen LogP contribution in [0.4, 0.5) is 5.69 Å². The molecule has 2 aromatic rings. The number of benzene rings is 2. The molecule has 0 aliphatic carbocycles. The third kappa shape index (κ3) is 5.56. The standard InChI is InChI=1S/C20H21N3O6S/c1-12(2)15-5-4-14(16(10-15)23-19(25)20(26)27)7-8-22-30(28,29)18-9-13(11-21)3-6-17(18)24/h3-6,9-10,12,22,24H,7-8H2,1-2H3,(H,23,25)(H,26,27). The molecule has 0 fully saturated rings. The summed E-state index contributed by atoms with van der Waals surface area (Å²) in [5, 5.41) is 29.9. The zero-order valence-electron chi connectivity index (χ0n) is 16.3. The normalized spacial score (nSPS) is 11.1. The highest BCUT2D eigenvalue weighted by atomic mass is 32.2. The molecule has 158 valence electrons. The maximum atomic E-state index is 12.5. The minimum Gasteiger partial charge on any atom is -0.507 e. The van der Waals surface area contributed by atoms with E-state index in [1.807, 2.05) is 19.9 Å². The molecule has 0 bridgehead atoms. The van der Waals surface area contributed by atoms with Gasteiger partial charge in [-0.05, 0) is 47.7 Å². The molecular formula is C20H21N3O6S. The molecule has 2 rings (SSSR count). The van der Waals surface area contributed by atoms with Crippen LogP contribution in [0.3, 0.4) is 0 Å². The lowest BCUT2D eigenvalue weighted by Gasteiger charge is -2.14. The number of hydrogen-bond donors (Lipinski definition) is 4. The van der Waals surface area contributed by atoms with Gasteiger partial charge in [0, 0.05) is 12.2 Å². The van der Waals surface area contributed by atoms with Gasteiger partial charge < -0.3 is 15.5 Å². The first kappa shape index (κ1) is 22.9. The van der Waals surface area contributed by atoms with Crippen molar-refractivity contribution >= 4 is 27.6 Å². The van der Waals surface area contributed by atoms with Crippen LogP contribution in [-0.4, -0.2) is 37.1 Å². The molecule has 0 aliphatic heterocycles. The van der Waals surface area contributed by atoms with E-state index in [0.29, 0.717) is 5.56 Å². The Kier molecular flexibility index (Phi) is 7.15. The van der Waals surface area contributed by atoms with E-state index in [9.17, 15) is 23.1 Å². The lowest BCUT2D eigenvalue weighted by Crippen LogP contribution is -2.27. The maximum Gasteiger partial charge on any atom is 0.394 e. The van der Waals surface area contributed by atoms with E-state index in [2.05, 4.69) is 10.0 Å². The zero-order chi connectivity index (χ0) is 22.5. The second-order valence-electron chi connectivity index (χ2n) is 6.77. The van der Waals surface area contributed by atoms with Gasteiger partial charge in [0.25, 0.3) is 0 Å². The number of aromatic hydroxyl groups is 1. The van der Waals surface area contributed by atoms with Crippen molar-refractivity contribution in [1.29, 1.82) is 5.26 Å². The fraction of sp³-hybridized carbons (Fsp3) is 0.250. The number of hydrogen-bond acceptors (Lipinski definition) is 6. The highest BCUT2D eigenvalue weighted by molar-refractivity contribution is 7.89. The predicted octanol–water partition coefficient (Wildman–Crippen LogP) is 1.93. The molecule has 30 heavy (non-hydrogen) atoms. The van der Waals surface area contributed by atoms with Gasteiger partial charge in [0.1, 0.15) is 10.6 Å². The topological polar surface area (TPSA) is 157 Å². The minimum atomic E-state index is -4.10. The molecule has 0 spiro atoms. The number of carboxylic acid groups (broad SMARTS) is 1. The molecule has 4 N–H and O–H groups in total. The van der Waals surface area contributed by atoms with Crippen LogP contribution in [0.1, 0.15) is 36.5 Å². The van der Waals surface area contributed by atoms with Crippen LogP contribution in [-0.2, 0) is 26.0 Å². The van der Waals surface area contributed by atoms with Crippen LogP contribution in [0.25, 0.3) is 0 Å². The largest absolute Gasteiger partial charge is 0.507 e. The van der Waals surface area contributed by atoms with Gasteiger partial charge in [0.2, 0.25) is 10.0 Å². The number of carboxylic acids is 1. The fourth-order valence-corrected chi connectivity index (χ4v) is 3.81. The number of phenols is 1. The van der Waals surface area contributed by atoms with Crippen LogP contribution in [0, 0.1) is 11.3 Å². The van der Waals surface area contributed by atoms with Gasteiger partial charge in [-0.2, -0.15) is 5.26 Å². The molecule has 0 saturated heterocycles. The van der Waals surface area contributed by atoms with Gasteiger partial charge >= 0.3 is 11.9 Å². The Morgan fingerprint density at radius 3 is 2.47 bits per heavy atom. The van der Waals surface area contributed by atoms with Gasteiger partial charge in [-0.1, -0.05) is 26.0 Å². The molecule has 9 nitrogen and oxygen atoms in total. The summed E-state index contributed by atoms with van der Waals surface area (Å²) >= 11 is 0. The highest BCUT2D eigenvalue weighted by Crippen LogP contribution is 2.25. The van der Waals surface area contributed by atoms with Gasteiger partial charge in [0.05, 0.1) is 11.6 Å². The molecule has 0 unspecified atom stereocenters. The zero-order valence-corrected chi connectivity index (χ0v) is 17.2. The average molecular weight is 431 g/mol. The monoisotopic (exact) mass is 431 g/mol. The molecule has 0 atom stereocenters. The first-order valence-electron chi connectivity index (χ1n) is 8.95. The van der Waals surface area contributed by atoms with Gasteiger partial charge in [-0.3, -0.25) is 4.79 Å². The van der Waals surface area contributed by atoms with Gasteiger partial charge in [0.15, 0.2) is 0 Å². The quantitative estimate of drug-likeness (QED) is 0.488. The Hall–Kier alpha value is -3.42. The Labute approximate surface area is 174 Å². The summed E-state index contributed by atoms with van der Waals surface area (Å²) in [5.41, 5.74) is 1.77. The van der Waals surface area contributed by atoms with Crippen molar-refractivity contribution in [3.63, 3.8) is 0 Å². The lowest BCUT2D eigenvalue weighted by molar-refractivity contribution is -0.147. The van der Waals surface area contributed by atoms with E-state index in [4.69, 9.17) is 10.4 Å². The fourth-order valence-electron chi connectivity index (χ4n) is 2.66. The number of sulfonamides is 1. The number of aliphatic carboxylic acids is 1. The summed E-state index contributed by atoms with van der Waals surface area (Å²) in [6.45, 7) is 3.79. The van der Waals surface area contributed by atoms with Crippen molar-refractivity contribution in [3.05, 3.63) is 53.1 Å². The molecule has 10 heteroatoms. The van der Waals surface area contributed by atoms with Crippen molar-refractivity contribution in [2.45, 2.75) is 31.1 Å². The molecule has 2 aromatic carbocycles. The van der Waals surface area contributed by atoms with Crippen LogP contribution >= 0.6 is 0 Å². The Morgan fingerprint density at radius 1 is 1.17 bits per heavy atom. The summed E-state index contributed by atoms with van der Waals surface area (Å²) in [5.74, 6) is -3.19. The first-order chi connectivity index (χ1) is 14.0. The lowest BCUT2D eigenvalue weighted by atomic mass is 9.99. The molecule has 0 aromatic heterocycles. The summed E-state index contributed by atoms with van der Waals surface area (Å²) in [6, 6.07) is 10.4. The number of carbonyl (C=O) groups is 2. The molecule has 0 radical (unpaired) electrons. The van der Waals surface area contributed by atoms with Crippen molar-refractivity contribution in [2.24, 2.45) is 0 Å². The van der Waals surface area contributed by atoms with Crippen molar-refractivity contribution in [1.82, 2.24) is 4.72 Å². The number of amides is 1. The predicted molar refractivity (Wildman–Crippen MR) is 109 cm³/mol. The summed E-state index contributed by atoms with van der Waals surface area (Å²) < 4.78 is 27.3. The first-order valence-corrected chi connectivity index (χ1v) is 10.4. The molecule has 1 amide bonds. The second-order valence-corrected chi connectivity index (χ2v) is 8.51. The average Bonchev–Trinajstić information content (AvgIpc) is 2.68.